The molecule has 144 valence electrons. The summed E-state index contributed by atoms with van der Waals surface area (Å²) in [4.78, 5) is 16.2. The Hall–Kier alpha value is -2.12. The fourth-order valence-electron chi connectivity index (χ4n) is 3.74. The molecule has 0 saturated heterocycles. The molecule has 1 aliphatic carbocycles. The summed E-state index contributed by atoms with van der Waals surface area (Å²) < 4.78 is 2.24. The van der Waals surface area contributed by atoms with E-state index in [0.29, 0.717) is 12.6 Å². The van der Waals surface area contributed by atoms with Gasteiger partial charge in [0.15, 0.2) is 11.0 Å². The molecule has 1 aliphatic heterocycles. The number of fused-ring (bicyclic) bond motifs is 1. The highest BCUT2D eigenvalue weighted by Gasteiger charge is 2.33. The Bertz CT molecular complexity index is 994. The molecule has 1 amide bonds. The maximum atomic E-state index is 13.1. The summed E-state index contributed by atoms with van der Waals surface area (Å²) in [5, 5.41) is 11.7. The van der Waals surface area contributed by atoms with Gasteiger partial charge in [-0.1, -0.05) is 42.1 Å². The Kier molecular flexibility index (Phi) is 4.72. The highest BCUT2D eigenvalue weighted by molar-refractivity contribution is 8.00. The normalized spacial score (nSPS) is 17.4. The Morgan fingerprint density at radius 3 is 2.75 bits per heavy atom. The van der Waals surface area contributed by atoms with Crippen molar-refractivity contribution in [1.29, 1.82) is 0 Å². The van der Waals surface area contributed by atoms with Crippen molar-refractivity contribution in [3.05, 3.63) is 52.9 Å². The summed E-state index contributed by atoms with van der Waals surface area (Å²) >= 11 is 3.22. The molecule has 5 nitrogen and oxygen atoms in total. The number of nitrogens with zero attached hydrogens (tertiary/aromatic N) is 4. The highest BCUT2D eigenvalue weighted by Crippen LogP contribution is 2.42. The first-order valence-electron chi connectivity index (χ1n) is 9.71. The average molecular weight is 411 g/mol. The molecule has 0 spiro atoms. The van der Waals surface area contributed by atoms with Gasteiger partial charge < -0.3 is 4.90 Å². The van der Waals surface area contributed by atoms with Crippen molar-refractivity contribution in [2.75, 3.05) is 6.54 Å². The molecular formula is C21H22N4OS2. The fraction of sp³-hybridized carbons (Fsp3) is 0.381. The first-order valence-corrected chi connectivity index (χ1v) is 11.5. The van der Waals surface area contributed by atoms with E-state index in [1.807, 2.05) is 17.9 Å². The number of hydrogen-bond donors (Lipinski definition) is 0. The van der Waals surface area contributed by atoms with Gasteiger partial charge in [0.25, 0.3) is 0 Å². The zero-order valence-corrected chi connectivity index (χ0v) is 17.4. The second-order valence-corrected chi connectivity index (χ2v) is 9.68. The fourth-order valence-corrected chi connectivity index (χ4v) is 5.45. The summed E-state index contributed by atoms with van der Waals surface area (Å²) in [7, 11) is 0. The van der Waals surface area contributed by atoms with Gasteiger partial charge in [-0.2, -0.15) is 0 Å². The van der Waals surface area contributed by atoms with Crippen molar-refractivity contribution >= 4 is 29.0 Å². The lowest BCUT2D eigenvalue weighted by atomic mass is 10.00. The van der Waals surface area contributed by atoms with Crippen molar-refractivity contribution in [3.63, 3.8) is 0 Å². The molecule has 1 saturated carbocycles. The molecule has 28 heavy (non-hydrogen) atoms. The minimum absolute atomic E-state index is 0.178. The van der Waals surface area contributed by atoms with Crippen molar-refractivity contribution in [2.24, 2.45) is 0 Å². The van der Waals surface area contributed by atoms with Crippen molar-refractivity contribution in [3.8, 4) is 10.7 Å². The number of benzene rings is 1. The number of hydrogen-bond acceptors (Lipinski definition) is 5. The Labute approximate surface area is 172 Å². The Morgan fingerprint density at radius 1 is 1.18 bits per heavy atom. The van der Waals surface area contributed by atoms with Crippen molar-refractivity contribution in [2.45, 2.75) is 49.2 Å². The van der Waals surface area contributed by atoms with Crippen molar-refractivity contribution in [1.82, 2.24) is 19.7 Å². The van der Waals surface area contributed by atoms with Crippen LogP contribution < -0.4 is 0 Å². The largest absolute Gasteiger partial charge is 0.337 e. The summed E-state index contributed by atoms with van der Waals surface area (Å²) in [5.74, 6) is 1.12. The van der Waals surface area contributed by atoms with Crippen molar-refractivity contribution < 1.29 is 4.79 Å². The minimum atomic E-state index is -0.178. The van der Waals surface area contributed by atoms with E-state index in [4.69, 9.17) is 0 Å². The molecule has 2 aliphatic rings. The van der Waals surface area contributed by atoms with E-state index in [0.717, 1.165) is 41.7 Å². The van der Waals surface area contributed by atoms with Gasteiger partial charge in [0, 0.05) is 19.1 Å². The van der Waals surface area contributed by atoms with Crippen LogP contribution in [0, 0.1) is 0 Å². The van der Waals surface area contributed by atoms with Crippen LogP contribution in [0.2, 0.25) is 0 Å². The molecule has 1 atom stereocenters. The second kappa shape index (κ2) is 7.37. The minimum Gasteiger partial charge on any atom is -0.337 e. The predicted molar refractivity (Wildman–Crippen MR) is 112 cm³/mol. The zero-order valence-electron chi connectivity index (χ0n) is 15.7. The van der Waals surface area contributed by atoms with E-state index in [1.165, 1.54) is 11.1 Å². The van der Waals surface area contributed by atoms with Gasteiger partial charge in [-0.25, -0.2) is 0 Å². The molecule has 3 aromatic rings. The predicted octanol–water partition coefficient (Wildman–Crippen LogP) is 4.41. The maximum Gasteiger partial charge on any atom is 0.236 e. The SMILES string of the molecule is C[C@@H](Sc1nnc(-c2cccs2)n1C1CC1)C(=O)N1CCc2ccccc2C1. The molecular weight excluding hydrogens is 388 g/mol. The number of thioether (sulfide) groups is 1. The molecule has 5 rings (SSSR count). The lowest BCUT2D eigenvalue weighted by molar-refractivity contribution is -0.131. The van der Waals surface area contributed by atoms with E-state index in [2.05, 4.69) is 50.5 Å². The summed E-state index contributed by atoms with van der Waals surface area (Å²) in [6.45, 7) is 3.48. The zero-order chi connectivity index (χ0) is 19.1. The van der Waals surface area contributed by atoms with Crippen LogP contribution in [-0.2, 0) is 17.8 Å². The molecule has 1 aromatic carbocycles. The van der Waals surface area contributed by atoms with Crippen LogP contribution >= 0.6 is 23.1 Å². The number of rotatable bonds is 5. The first kappa shape index (κ1) is 17.9. The van der Waals surface area contributed by atoms with Gasteiger partial charge in [-0.3, -0.25) is 9.36 Å². The molecule has 0 unspecified atom stereocenters. The van der Waals surface area contributed by atoms with E-state index in [1.54, 1.807) is 23.1 Å². The molecule has 3 heterocycles. The molecule has 0 N–H and O–H groups in total. The van der Waals surface area contributed by atoms with Crippen LogP contribution in [0.25, 0.3) is 10.7 Å². The van der Waals surface area contributed by atoms with Gasteiger partial charge in [0.1, 0.15) is 0 Å². The van der Waals surface area contributed by atoms with Crippen LogP contribution in [0.1, 0.15) is 36.9 Å². The maximum absolute atomic E-state index is 13.1. The van der Waals surface area contributed by atoms with Gasteiger partial charge >= 0.3 is 0 Å². The quantitative estimate of drug-likeness (QED) is 0.585. The number of thiophene rings is 1. The number of carbonyl (C=O) groups excluding carboxylic acids is 1. The Morgan fingerprint density at radius 2 is 2.00 bits per heavy atom. The van der Waals surface area contributed by atoms with E-state index in [9.17, 15) is 4.79 Å². The van der Waals surface area contributed by atoms with E-state index >= 15 is 0 Å². The molecule has 0 radical (unpaired) electrons. The summed E-state index contributed by atoms with van der Waals surface area (Å²) in [6.07, 6.45) is 3.25. The third-order valence-electron chi connectivity index (χ3n) is 5.39. The van der Waals surface area contributed by atoms with Gasteiger partial charge in [-0.15, -0.1) is 21.5 Å². The third kappa shape index (κ3) is 3.37. The average Bonchev–Trinajstić information content (AvgIpc) is 3.24. The number of aromatic nitrogens is 3. The molecule has 2 aromatic heterocycles. The van der Waals surface area contributed by atoms with Crippen LogP contribution in [0.5, 0.6) is 0 Å². The molecule has 7 heteroatoms. The number of amides is 1. The van der Waals surface area contributed by atoms with Crippen LogP contribution in [0.15, 0.2) is 46.9 Å². The summed E-state index contributed by atoms with van der Waals surface area (Å²) in [6, 6.07) is 13.0. The topological polar surface area (TPSA) is 51.0 Å². The van der Waals surface area contributed by atoms with E-state index < -0.39 is 0 Å². The standard InChI is InChI=1S/C21H22N4OS2/c1-14(20(26)24-11-10-15-5-2-3-6-16(15)13-24)28-21-23-22-19(18-7-4-12-27-18)25(21)17-8-9-17/h2-7,12,14,17H,8-11,13H2,1H3/t14-/m1/s1. The van der Waals surface area contributed by atoms with E-state index in [-0.39, 0.29) is 11.2 Å². The first-order chi connectivity index (χ1) is 13.7. The van der Waals surface area contributed by atoms with Crippen LogP contribution in [0.3, 0.4) is 0 Å². The van der Waals surface area contributed by atoms with Gasteiger partial charge in [0.05, 0.1) is 10.1 Å². The van der Waals surface area contributed by atoms with Crippen LogP contribution in [-0.4, -0.2) is 37.4 Å². The smallest absolute Gasteiger partial charge is 0.236 e. The summed E-state index contributed by atoms with van der Waals surface area (Å²) in [5.41, 5.74) is 2.63. The van der Waals surface area contributed by atoms with Crippen LogP contribution in [0.4, 0.5) is 0 Å². The lowest BCUT2D eigenvalue weighted by Crippen LogP contribution is -2.40. The Balaban J connectivity index is 1.33. The van der Waals surface area contributed by atoms with Gasteiger partial charge in [-0.05, 0) is 48.8 Å². The highest BCUT2D eigenvalue weighted by atomic mass is 32.2. The third-order valence-corrected chi connectivity index (χ3v) is 7.30. The molecule has 1 fully saturated rings. The second-order valence-electron chi connectivity index (χ2n) is 7.42. The monoisotopic (exact) mass is 410 g/mol. The number of carbonyl (C=O) groups is 1. The van der Waals surface area contributed by atoms with Gasteiger partial charge in [0.2, 0.25) is 5.91 Å². The molecule has 0 bridgehead atoms. The lowest BCUT2D eigenvalue weighted by Gasteiger charge is -2.30.